The lowest BCUT2D eigenvalue weighted by atomic mass is 10.1. The van der Waals surface area contributed by atoms with Gasteiger partial charge in [-0.25, -0.2) is 14.5 Å². The summed E-state index contributed by atoms with van der Waals surface area (Å²) < 4.78 is 4.27. The summed E-state index contributed by atoms with van der Waals surface area (Å²) in [7, 11) is 1.86. The third kappa shape index (κ3) is 2.89. The van der Waals surface area contributed by atoms with Crippen LogP contribution in [0.5, 0.6) is 0 Å². The van der Waals surface area contributed by atoms with E-state index < -0.39 is 0 Å². The summed E-state index contributed by atoms with van der Waals surface area (Å²) in [6, 6.07) is 5.67. The molecule has 10 nitrogen and oxygen atoms in total. The fourth-order valence-corrected chi connectivity index (χ4v) is 5.28. The molecule has 0 radical (unpaired) electrons. The number of H-pyrrole nitrogens is 1. The second-order valence-corrected chi connectivity index (χ2v) is 8.83. The van der Waals surface area contributed by atoms with E-state index in [1.54, 1.807) is 29.9 Å². The molecule has 0 saturated heterocycles. The van der Waals surface area contributed by atoms with Gasteiger partial charge in [-0.05, 0) is 17.2 Å². The molecule has 0 fully saturated rings. The Labute approximate surface area is 184 Å². The van der Waals surface area contributed by atoms with Gasteiger partial charge >= 0.3 is 6.03 Å². The number of aryl methyl sites for hydroxylation is 1. The number of aromatic amines is 1. The Hall–Kier alpha value is -3.99. The number of rotatable bonds is 4. The number of nitrogens with zero attached hydrogens (tertiary/aromatic N) is 5. The Kier molecular flexibility index (Phi) is 4.12. The number of benzene rings is 1. The number of nitrogens with one attached hydrogen (secondary N) is 3. The molecule has 0 spiro atoms. The number of carbonyl (C=O) groups is 1. The molecule has 32 heavy (non-hydrogen) atoms. The number of hydrogen-bond acceptors (Lipinski definition) is 6. The van der Waals surface area contributed by atoms with Crippen molar-refractivity contribution in [2.45, 2.75) is 13.0 Å². The van der Waals surface area contributed by atoms with Gasteiger partial charge in [-0.3, -0.25) is 9.89 Å². The third-order valence-corrected chi connectivity index (χ3v) is 6.80. The molecule has 0 unspecified atom stereocenters. The number of hydrogen-bond donors (Lipinski definition) is 3. The normalized spacial score (nSPS) is 14.2. The fourth-order valence-electron chi connectivity index (χ4n) is 4.12. The van der Waals surface area contributed by atoms with Gasteiger partial charge < -0.3 is 15.2 Å². The molecule has 4 aromatic heterocycles. The first-order valence-corrected chi connectivity index (χ1v) is 10.9. The van der Waals surface area contributed by atoms with Gasteiger partial charge in [0.25, 0.3) is 5.56 Å². The summed E-state index contributed by atoms with van der Waals surface area (Å²) in [6.45, 7) is 0.855. The average molecular weight is 446 g/mol. The maximum Gasteiger partial charge on any atom is 0.319 e. The van der Waals surface area contributed by atoms with E-state index in [0.29, 0.717) is 25.0 Å². The van der Waals surface area contributed by atoms with Crippen LogP contribution in [0.4, 0.5) is 4.79 Å². The Bertz CT molecular complexity index is 1620. The highest BCUT2D eigenvalue weighted by atomic mass is 32.1. The molecule has 6 rings (SSSR count). The van der Waals surface area contributed by atoms with Gasteiger partial charge in [0, 0.05) is 37.0 Å². The summed E-state index contributed by atoms with van der Waals surface area (Å²) in [6.07, 6.45) is 5.87. The molecule has 5 heterocycles. The molecule has 2 amide bonds. The summed E-state index contributed by atoms with van der Waals surface area (Å²) in [5.41, 5.74) is 4.15. The first kappa shape index (κ1) is 18.8. The van der Waals surface area contributed by atoms with Crippen molar-refractivity contribution in [3.05, 3.63) is 63.3 Å². The molecule has 0 atom stereocenters. The topological polar surface area (TPSA) is 123 Å². The molecule has 0 aliphatic carbocycles. The van der Waals surface area contributed by atoms with Crippen LogP contribution in [0.15, 0.2) is 47.2 Å². The quantitative estimate of drug-likeness (QED) is 0.390. The molecular formula is C21H18N8O2S. The van der Waals surface area contributed by atoms with Crippen molar-refractivity contribution < 1.29 is 4.79 Å². The third-order valence-electron chi connectivity index (χ3n) is 5.73. The van der Waals surface area contributed by atoms with Gasteiger partial charge in [0.15, 0.2) is 5.65 Å². The predicted molar refractivity (Wildman–Crippen MR) is 122 cm³/mol. The minimum atomic E-state index is -0.199. The van der Waals surface area contributed by atoms with Crippen LogP contribution in [0.1, 0.15) is 10.6 Å². The maximum atomic E-state index is 13.3. The lowest BCUT2D eigenvalue weighted by molar-refractivity contribution is 0.243. The van der Waals surface area contributed by atoms with E-state index in [1.165, 1.54) is 4.68 Å². The SMILES string of the molecule is Cn1c2nc(CC3=CNC(=O)NC3)sc2c2cnn(Cc3cccc4[nH]ncc34)c(=O)c21. The van der Waals surface area contributed by atoms with Crippen LogP contribution in [-0.2, 0) is 20.0 Å². The summed E-state index contributed by atoms with van der Waals surface area (Å²) in [4.78, 5) is 29.3. The minimum Gasteiger partial charge on any atom is -0.334 e. The monoisotopic (exact) mass is 446 g/mol. The summed E-state index contributed by atoms with van der Waals surface area (Å²) >= 11 is 1.55. The molecule has 1 aliphatic rings. The number of carbonyl (C=O) groups excluding carboxylic acids is 1. The highest BCUT2D eigenvalue weighted by molar-refractivity contribution is 7.19. The molecule has 11 heteroatoms. The van der Waals surface area contributed by atoms with Crippen molar-refractivity contribution in [3.63, 3.8) is 0 Å². The van der Waals surface area contributed by atoms with Gasteiger partial charge in [0.2, 0.25) is 0 Å². The van der Waals surface area contributed by atoms with Crippen LogP contribution in [0.3, 0.4) is 0 Å². The smallest absolute Gasteiger partial charge is 0.319 e. The first-order valence-electron chi connectivity index (χ1n) is 10.1. The zero-order valence-corrected chi connectivity index (χ0v) is 17.9. The van der Waals surface area contributed by atoms with Gasteiger partial charge in [-0.2, -0.15) is 10.2 Å². The van der Waals surface area contributed by atoms with Crippen LogP contribution < -0.4 is 16.2 Å². The number of aromatic nitrogens is 6. The van der Waals surface area contributed by atoms with Crippen LogP contribution in [0, 0.1) is 0 Å². The van der Waals surface area contributed by atoms with Crippen molar-refractivity contribution >= 4 is 49.5 Å². The van der Waals surface area contributed by atoms with Gasteiger partial charge in [-0.1, -0.05) is 12.1 Å². The van der Waals surface area contributed by atoms with Crippen molar-refractivity contribution in [2.24, 2.45) is 7.05 Å². The molecule has 0 bridgehead atoms. The zero-order valence-electron chi connectivity index (χ0n) is 17.0. The van der Waals surface area contributed by atoms with E-state index in [4.69, 9.17) is 4.98 Å². The fraction of sp³-hybridized carbons (Fsp3) is 0.190. The van der Waals surface area contributed by atoms with E-state index in [2.05, 4.69) is 25.9 Å². The van der Waals surface area contributed by atoms with Crippen molar-refractivity contribution in [1.29, 1.82) is 0 Å². The first-order chi connectivity index (χ1) is 15.6. The van der Waals surface area contributed by atoms with E-state index in [1.807, 2.05) is 29.8 Å². The van der Waals surface area contributed by atoms with E-state index in [-0.39, 0.29) is 11.6 Å². The Morgan fingerprint density at radius 1 is 1.19 bits per heavy atom. The average Bonchev–Trinajstić information content (AvgIpc) is 3.49. The largest absolute Gasteiger partial charge is 0.334 e. The van der Waals surface area contributed by atoms with Crippen molar-refractivity contribution in [3.8, 4) is 0 Å². The minimum absolute atomic E-state index is 0.154. The summed E-state index contributed by atoms with van der Waals surface area (Å²) in [5, 5.41) is 19.6. The van der Waals surface area contributed by atoms with Crippen LogP contribution in [0.2, 0.25) is 0 Å². The second kappa shape index (κ2) is 7.02. The molecule has 5 aromatic rings. The summed E-state index contributed by atoms with van der Waals surface area (Å²) in [5.74, 6) is 0. The van der Waals surface area contributed by atoms with E-state index >= 15 is 0 Å². The Morgan fingerprint density at radius 3 is 2.94 bits per heavy atom. The molecular weight excluding hydrogens is 428 g/mol. The molecule has 160 valence electrons. The Morgan fingerprint density at radius 2 is 2.09 bits per heavy atom. The lowest BCUT2D eigenvalue weighted by Crippen LogP contribution is -2.38. The molecule has 1 aromatic carbocycles. The van der Waals surface area contributed by atoms with Gasteiger partial charge in [0.05, 0.1) is 34.2 Å². The maximum absolute atomic E-state index is 13.3. The van der Waals surface area contributed by atoms with Gasteiger partial charge in [0.1, 0.15) is 5.52 Å². The number of urea groups is 1. The van der Waals surface area contributed by atoms with Crippen LogP contribution in [0.25, 0.3) is 32.2 Å². The standard InChI is InChI=1S/C21H18N8O2S/c1-28-17-14(18-19(28)26-16(32-18)5-11-6-22-21(31)23-7-11)9-25-29(20(17)30)10-12-3-2-4-15-13(12)8-24-27-15/h2-4,6,8-9H,5,7,10H2,1H3,(H,24,27)(H2,22,23,31). The Balaban J connectivity index is 1.39. The van der Waals surface area contributed by atoms with Crippen molar-refractivity contribution in [2.75, 3.05) is 6.54 Å². The number of fused-ring (bicyclic) bond motifs is 4. The second-order valence-electron chi connectivity index (χ2n) is 7.74. The van der Waals surface area contributed by atoms with Crippen molar-refractivity contribution in [1.82, 2.24) is 40.2 Å². The highest BCUT2D eigenvalue weighted by Crippen LogP contribution is 2.31. The van der Waals surface area contributed by atoms with E-state index in [9.17, 15) is 9.59 Å². The van der Waals surface area contributed by atoms with Crippen LogP contribution >= 0.6 is 11.3 Å². The van der Waals surface area contributed by atoms with Crippen LogP contribution in [-0.4, -0.2) is 42.1 Å². The molecule has 3 N–H and O–H groups in total. The highest BCUT2D eigenvalue weighted by Gasteiger charge is 2.19. The molecule has 1 aliphatic heterocycles. The lowest BCUT2D eigenvalue weighted by Gasteiger charge is -2.13. The zero-order chi connectivity index (χ0) is 21.8. The van der Waals surface area contributed by atoms with Gasteiger partial charge in [-0.15, -0.1) is 11.3 Å². The predicted octanol–water partition coefficient (Wildman–Crippen LogP) is 2.01. The molecule has 0 saturated carbocycles. The van der Waals surface area contributed by atoms with E-state index in [0.717, 1.165) is 42.8 Å². The number of thiazole rings is 1. The number of amides is 2.